The van der Waals surface area contributed by atoms with Crippen molar-refractivity contribution in [3.63, 3.8) is 0 Å². The Kier molecular flexibility index (Phi) is 4.64. The molecule has 1 amide bonds. The minimum absolute atomic E-state index is 0.277. The van der Waals surface area contributed by atoms with Gasteiger partial charge in [-0.3, -0.25) is 4.79 Å². The molecule has 0 aromatic carbocycles. The van der Waals surface area contributed by atoms with Crippen LogP contribution in [0.1, 0.15) is 44.9 Å². The van der Waals surface area contributed by atoms with E-state index in [4.69, 9.17) is 0 Å². The first-order valence-corrected chi connectivity index (χ1v) is 6.82. The lowest BCUT2D eigenvalue weighted by Crippen LogP contribution is -2.48. The maximum Gasteiger partial charge on any atom is 0.220 e. The van der Waals surface area contributed by atoms with Gasteiger partial charge < -0.3 is 10.6 Å². The molecule has 16 heavy (non-hydrogen) atoms. The van der Waals surface area contributed by atoms with Crippen LogP contribution in [0, 0.1) is 11.8 Å². The van der Waals surface area contributed by atoms with Crippen molar-refractivity contribution in [3.8, 4) is 0 Å². The first kappa shape index (κ1) is 11.9. The predicted molar refractivity (Wildman–Crippen MR) is 65.2 cm³/mol. The van der Waals surface area contributed by atoms with Gasteiger partial charge in [-0.15, -0.1) is 0 Å². The third kappa shape index (κ3) is 3.78. The SMILES string of the molecule is O=C(CC1CCCCCC1)NCC1CNC1. The lowest BCUT2D eigenvalue weighted by molar-refractivity contribution is -0.122. The number of nitrogens with one attached hydrogen (secondary N) is 2. The first-order chi connectivity index (χ1) is 7.84. The van der Waals surface area contributed by atoms with Crippen LogP contribution < -0.4 is 10.6 Å². The molecule has 2 fully saturated rings. The van der Waals surface area contributed by atoms with E-state index in [2.05, 4.69) is 10.6 Å². The molecule has 0 spiro atoms. The van der Waals surface area contributed by atoms with Gasteiger partial charge in [0, 0.05) is 32.0 Å². The largest absolute Gasteiger partial charge is 0.356 e. The van der Waals surface area contributed by atoms with Gasteiger partial charge in [-0.1, -0.05) is 25.7 Å². The summed E-state index contributed by atoms with van der Waals surface area (Å²) in [6.45, 7) is 3.02. The fraction of sp³-hybridized carbons (Fsp3) is 0.923. The fourth-order valence-electron chi connectivity index (χ4n) is 2.65. The Morgan fingerprint density at radius 3 is 2.31 bits per heavy atom. The summed E-state index contributed by atoms with van der Waals surface area (Å²) in [7, 11) is 0. The number of carbonyl (C=O) groups is 1. The van der Waals surface area contributed by atoms with Crippen LogP contribution in [0.2, 0.25) is 0 Å². The average molecular weight is 224 g/mol. The Hall–Kier alpha value is -0.570. The van der Waals surface area contributed by atoms with Gasteiger partial charge in [-0.2, -0.15) is 0 Å². The van der Waals surface area contributed by atoms with Crippen LogP contribution in [0.5, 0.6) is 0 Å². The van der Waals surface area contributed by atoms with Crippen molar-refractivity contribution in [2.45, 2.75) is 44.9 Å². The Bertz CT molecular complexity index is 218. The summed E-state index contributed by atoms with van der Waals surface area (Å²) in [5.41, 5.74) is 0. The van der Waals surface area contributed by atoms with E-state index in [9.17, 15) is 4.79 Å². The van der Waals surface area contributed by atoms with Gasteiger partial charge in [-0.05, 0) is 18.8 Å². The molecule has 0 atom stereocenters. The number of carbonyl (C=O) groups excluding carboxylic acids is 1. The predicted octanol–water partition coefficient (Wildman–Crippen LogP) is 1.68. The molecule has 1 saturated carbocycles. The number of hydrogen-bond acceptors (Lipinski definition) is 2. The molecule has 0 aromatic heterocycles. The summed E-state index contributed by atoms with van der Waals surface area (Å²) >= 11 is 0. The second-order valence-corrected chi connectivity index (χ2v) is 5.39. The number of rotatable bonds is 4. The van der Waals surface area contributed by atoms with Crippen molar-refractivity contribution in [1.29, 1.82) is 0 Å². The van der Waals surface area contributed by atoms with Crippen molar-refractivity contribution < 1.29 is 4.79 Å². The van der Waals surface area contributed by atoms with Gasteiger partial charge in [0.2, 0.25) is 5.91 Å². The van der Waals surface area contributed by atoms with E-state index in [1.54, 1.807) is 0 Å². The van der Waals surface area contributed by atoms with E-state index in [1.165, 1.54) is 38.5 Å². The summed E-state index contributed by atoms with van der Waals surface area (Å²) in [6.07, 6.45) is 8.67. The normalized spacial score (nSPS) is 23.5. The van der Waals surface area contributed by atoms with Gasteiger partial charge in [-0.25, -0.2) is 0 Å². The Morgan fingerprint density at radius 1 is 1.06 bits per heavy atom. The second kappa shape index (κ2) is 6.24. The third-order valence-electron chi connectivity index (χ3n) is 3.90. The number of hydrogen-bond donors (Lipinski definition) is 2. The quantitative estimate of drug-likeness (QED) is 0.713. The van der Waals surface area contributed by atoms with Gasteiger partial charge in [0.1, 0.15) is 0 Å². The highest BCUT2D eigenvalue weighted by Crippen LogP contribution is 2.25. The zero-order valence-electron chi connectivity index (χ0n) is 10.1. The summed E-state index contributed by atoms with van der Waals surface area (Å²) < 4.78 is 0. The molecule has 2 N–H and O–H groups in total. The molecule has 0 aromatic rings. The summed E-state index contributed by atoms with van der Waals surface area (Å²) in [6, 6.07) is 0. The van der Waals surface area contributed by atoms with Crippen molar-refractivity contribution in [2.24, 2.45) is 11.8 Å². The van der Waals surface area contributed by atoms with Crippen LogP contribution in [0.3, 0.4) is 0 Å². The van der Waals surface area contributed by atoms with Crippen LogP contribution in [0.25, 0.3) is 0 Å². The maximum absolute atomic E-state index is 11.7. The van der Waals surface area contributed by atoms with Gasteiger partial charge in [0.25, 0.3) is 0 Å². The van der Waals surface area contributed by atoms with Crippen molar-refractivity contribution in [2.75, 3.05) is 19.6 Å². The van der Waals surface area contributed by atoms with Gasteiger partial charge in [0.15, 0.2) is 0 Å². The summed E-state index contributed by atoms with van der Waals surface area (Å²) in [5.74, 6) is 1.61. The molecule has 3 heteroatoms. The lowest BCUT2D eigenvalue weighted by atomic mass is 9.96. The Labute approximate surface area is 98.4 Å². The highest BCUT2D eigenvalue weighted by molar-refractivity contribution is 5.76. The molecule has 0 bridgehead atoms. The minimum Gasteiger partial charge on any atom is -0.356 e. The first-order valence-electron chi connectivity index (χ1n) is 6.82. The van der Waals surface area contributed by atoms with Gasteiger partial charge in [0.05, 0.1) is 0 Å². The average Bonchev–Trinajstić information content (AvgIpc) is 2.44. The summed E-state index contributed by atoms with van der Waals surface area (Å²) in [4.78, 5) is 11.7. The summed E-state index contributed by atoms with van der Waals surface area (Å²) in [5, 5.41) is 6.30. The van der Waals surface area contributed by atoms with Crippen LogP contribution in [-0.4, -0.2) is 25.5 Å². The molecule has 0 radical (unpaired) electrons. The molecule has 1 saturated heterocycles. The zero-order chi connectivity index (χ0) is 11.2. The highest BCUT2D eigenvalue weighted by atomic mass is 16.1. The Balaban J connectivity index is 1.60. The topological polar surface area (TPSA) is 41.1 Å². The molecule has 1 heterocycles. The molecular weight excluding hydrogens is 200 g/mol. The second-order valence-electron chi connectivity index (χ2n) is 5.39. The van der Waals surface area contributed by atoms with Crippen molar-refractivity contribution >= 4 is 5.91 Å². The molecule has 0 unspecified atom stereocenters. The van der Waals surface area contributed by atoms with Crippen molar-refractivity contribution in [3.05, 3.63) is 0 Å². The Morgan fingerprint density at radius 2 is 1.75 bits per heavy atom. The van der Waals surface area contributed by atoms with E-state index in [0.717, 1.165) is 26.1 Å². The third-order valence-corrected chi connectivity index (χ3v) is 3.90. The number of amides is 1. The molecule has 1 aliphatic carbocycles. The van der Waals surface area contributed by atoms with E-state index in [1.807, 2.05) is 0 Å². The van der Waals surface area contributed by atoms with Crippen LogP contribution >= 0.6 is 0 Å². The van der Waals surface area contributed by atoms with Crippen LogP contribution in [0.15, 0.2) is 0 Å². The standard InChI is InChI=1S/C13H24N2O/c16-13(15-10-12-8-14-9-12)7-11-5-3-1-2-4-6-11/h11-12,14H,1-10H2,(H,15,16). The van der Waals surface area contributed by atoms with E-state index in [-0.39, 0.29) is 5.91 Å². The highest BCUT2D eigenvalue weighted by Gasteiger charge is 2.19. The fourth-order valence-corrected chi connectivity index (χ4v) is 2.65. The zero-order valence-corrected chi connectivity index (χ0v) is 10.1. The molecular formula is C13H24N2O. The molecule has 3 nitrogen and oxygen atoms in total. The monoisotopic (exact) mass is 224 g/mol. The molecule has 2 aliphatic rings. The van der Waals surface area contributed by atoms with Crippen LogP contribution in [-0.2, 0) is 4.79 Å². The molecule has 92 valence electrons. The van der Waals surface area contributed by atoms with Crippen LogP contribution in [0.4, 0.5) is 0 Å². The van der Waals surface area contributed by atoms with E-state index < -0.39 is 0 Å². The van der Waals surface area contributed by atoms with E-state index in [0.29, 0.717) is 11.8 Å². The lowest BCUT2D eigenvalue weighted by Gasteiger charge is -2.27. The molecule has 2 rings (SSSR count). The van der Waals surface area contributed by atoms with E-state index >= 15 is 0 Å². The molecule has 1 aliphatic heterocycles. The van der Waals surface area contributed by atoms with Crippen molar-refractivity contribution in [1.82, 2.24) is 10.6 Å². The van der Waals surface area contributed by atoms with Gasteiger partial charge >= 0.3 is 0 Å². The smallest absolute Gasteiger partial charge is 0.220 e. The maximum atomic E-state index is 11.7. The minimum atomic E-state index is 0.277.